The van der Waals surface area contributed by atoms with Crippen LogP contribution in [0.4, 0.5) is 5.13 Å². The predicted molar refractivity (Wildman–Crippen MR) is 85.1 cm³/mol. The Hall–Kier alpha value is -2.31. The molecule has 0 unspecified atom stereocenters. The third kappa shape index (κ3) is 2.26. The van der Waals surface area contributed by atoms with E-state index in [1.807, 2.05) is 12.1 Å². The number of nitrogens with zero attached hydrogens (tertiary/aromatic N) is 1. The van der Waals surface area contributed by atoms with Gasteiger partial charge in [0.1, 0.15) is 5.52 Å². The van der Waals surface area contributed by atoms with Crippen LogP contribution in [0.3, 0.4) is 0 Å². The molecule has 0 saturated heterocycles. The van der Waals surface area contributed by atoms with Crippen molar-refractivity contribution < 1.29 is 14.3 Å². The summed E-state index contributed by atoms with van der Waals surface area (Å²) in [6.45, 7) is 0.177. The number of halogens is 1. The fourth-order valence-electron chi connectivity index (χ4n) is 2.18. The number of carbonyl (C=O) groups excluding carboxylic acids is 1. The molecule has 1 aliphatic heterocycles. The van der Waals surface area contributed by atoms with Crippen molar-refractivity contribution in [3.8, 4) is 11.5 Å². The first-order chi connectivity index (χ1) is 10.7. The first-order valence-corrected chi connectivity index (χ1v) is 7.66. The summed E-state index contributed by atoms with van der Waals surface area (Å²) in [5.74, 6) is 0.955. The first-order valence-electron chi connectivity index (χ1n) is 6.47. The molecule has 1 amide bonds. The van der Waals surface area contributed by atoms with Gasteiger partial charge < -0.3 is 9.47 Å². The van der Waals surface area contributed by atoms with Gasteiger partial charge in [0.25, 0.3) is 5.91 Å². The molecular formula is C15H9ClN2O3S. The number of carbonyl (C=O) groups is 1. The van der Waals surface area contributed by atoms with Crippen molar-refractivity contribution in [1.82, 2.24) is 4.98 Å². The Labute approximate surface area is 134 Å². The Bertz CT molecular complexity index is 894. The van der Waals surface area contributed by atoms with Crippen LogP contribution in [0.1, 0.15) is 10.4 Å². The minimum Gasteiger partial charge on any atom is -0.454 e. The van der Waals surface area contributed by atoms with Gasteiger partial charge >= 0.3 is 0 Å². The highest BCUT2D eigenvalue weighted by Gasteiger charge is 2.17. The van der Waals surface area contributed by atoms with E-state index in [4.69, 9.17) is 21.1 Å². The molecule has 110 valence electrons. The number of hydrogen-bond acceptors (Lipinski definition) is 5. The summed E-state index contributed by atoms with van der Waals surface area (Å²) in [5.41, 5.74) is 1.17. The molecule has 22 heavy (non-hydrogen) atoms. The molecule has 2 heterocycles. The number of fused-ring (bicyclic) bond motifs is 2. The average Bonchev–Trinajstić information content (AvgIpc) is 3.13. The Kier molecular flexibility index (Phi) is 3.13. The molecule has 0 aliphatic carbocycles. The maximum absolute atomic E-state index is 12.3. The van der Waals surface area contributed by atoms with Gasteiger partial charge in [0, 0.05) is 5.56 Å². The van der Waals surface area contributed by atoms with E-state index in [-0.39, 0.29) is 12.7 Å². The molecule has 0 fully saturated rings. The monoisotopic (exact) mass is 332 g/mol. The van der Waals surface area contributed by atoms with Crippen molar-refractivity contribution in [2.45, 2.75) is 0 Å². The molecule has 3 aromatic rings. The van der Waals surface area contributed by atoms with Crippen molar-refractivity contribution in [1.29, 1.82) is 0 Å². The molecule has 1 aliphatic rings. The fourth-order valence-corrected chi connectivity index (χ4v) is 3.34. The van der Waals surface area contributed by atoms with E-state index >= 15 is 0 Å². The normalized spacial score (nSPS) is 12.6. The summed E-state index contributed by atoms with van der Waals surface area (Å²) >= 11 is 7.47. The van der Waals surface area contributed by atoms with E-state index in [0.29, 0.717) is 32.7 Å². The maximum atomic E-state index is 12.3. The molecule has 4 rings (SSSR count). The highest BCUT2D eigenvalue weighted by molar-refractivity contribution is 7.22. The van der Waals surface area contributed by atoms with Crippen LogP contribution in [0, 0.1) is 0 Å². The summed E-state index contributed by atoms with van der Waals surface area (Å²) in [4.78, 5) is 16.7. The zero-order valence-corrected chi connectivity index (χ0v) is 12.7. The van der Waals surface area contributed by atoms with Crippen LogP contribution >= 0.6 is 22.9 Å². The number of para-hydroxylation sites is 1. The van der Waals surface area contributed by atoms with Crippen LogP contribution in [-0.4, -0.2) is 17.7 Å². The van der Waals surface area contributed by atoms with Gasteiger partial charge in [0.2, 0.25) is 6.79 Å². The van der Waals surface area contributed by atoms with Crippen LogP contribution in [0.5, 0.6) is 11.5 Å². The van der Waals surface area contributed by atoms with Crippen LogP contribution in [0.25, 0.3) is 10.2 Å². The molecule has 1 N–H and O–H groups in total. The number of amides is 1. The molecule has 0 atom stereocenters. The number of thiazole rings is 1. The van der Waals surface area contributed by atoms with Gasteiger partial charge in [-0.2, -0.15) is 0 Å². The minimum absolute atomic E-state index is 0.177. The molecule has 0 saturated carbocycles. The van der Waals surface area contributed by atoms with Crippen molar-refractivity contribution in [2.24, 2.45) is 0 Å². The first kappa shape index (κ1) is 13.4. The summed E-state index contributed by atoms with van der Waals surface area (Å²) < 4.78 is 11.4. The summed E-state index contributed by atoms with van der Waals surface area (Å²) in [6, 6.07) is 10.6. The van der Waals surface area contributed by atoms with E-state index in [9.17, 15) is 4.79 Å². The topological polar surface area (TPSA) is 60.5 Å². The second-order valence-corrected chi connectivity index (χ2v) is 6.07. The van der Waals surface area contributed by atoms with E-state index in [1.54, 1.807) is 24.3 Å². The lowest BCUT2D eigenvalue weighted by molar-refractivity contribution is 0.102. The molecule has 0 radical (unpaired) electrons. The lowest BCUT2D eigenvalue weighted by Gasteiger charge is -2.02. The van der Waals surface area contributed by atoms with Crippen LogP contribution in [0.2, 0.25) is 5.02 Å². The van der Waals surface area contributed by atoms with Gasteiger partial charge in [-0.1, -0.05) is 29.0 Å². The van der Waals surface area contributed by atoms with Gasteiger partial charge in [-0.05, 0) is 30.3 Å². The smallest absolute Gasteiger partial charge is 0.257 e. The largest absolute Gasteiger partial charge is 0.454 e. The number of hydrogen-bond donors (Lipinski definition) is 1. The highest BCUT2D eigenvalue weighted by atomic mass is 35.5. The van der Waals surface area contributed by atoms with E-state index in [0.717, 1.165) is 4.70 Å². The number of benzene rings is 2. The zero-order valence-electron chi connectivity index (χ0n) is 11.1. The third-order valence-corrected chi connectivity index (χ3v) is 4.47. The second kappa shape index (κ2) is 5.15. The molecule has 7 heteroatoms. The van der Waals surface area contributed by atoms with Gasteiger partial charge in [0.15, 0.2) is 16.6 Å². The van der Waals surface area contributed by atoms with Crippen molar-refractivity contribution in [2.75, 3.05) is 12.1 Å². The molecule has 5 nitrogen and oxygen atoms in total. The Morgan fingerprint density at radius 2 is 2.09 bits per heavy atom. The number of rotatable bonds is 2. The Morgan fingerprint density at radius 3 is 2.95 bits per heavy atom. The van der Waals surface area contributed by atoms with Gasteiger partial charge in [-0.3, -0.25) is 10.1 Å². The third-order valence-electron chi connectivity index (χ3n) is 3.22. The standard InChI is InChI=1S/C15H9ClN2O3S/c16-9-2-1-3-12-13(9)17-15(22-12)18-14(19)8-4-5-10-11(6-8)21-7-20-10/h1-6H,7H2,(H,17,18,19). The van der Waals surface area contributed by atoms with Gasteiger partial charge in [-0.25, -0.2) is 4.98 Å². The molecule has 0 spiro atoms. The number of aromatic nitrogens is 1. The molecule has 0 bridgehead atoms. The van der Waals surface area contributed by atoms with E-state index in [1.165, 1.54) is 11.3 Å². The quantitative estimate of drug-likeness (QED) is 0.772. The van der Waals surface area contributed by atoms with Crippen LogP contribution in [0.15, 0.2) is 36.4 Å². The lowest BCUT2D eigenvalue weighted by Crippen LogP contribution is -2.11. The molecular weight excluding hydrogens is 324 g/mol. The Morgan fingerprint density at radius 1 is 1.23 bits per heavy atom. The van der Waals surface area contributed by atoms with Crippen LogP contribution in [-0.2, 0) is 0 Å². The van der Waals surface area contributed by atoms with E-state index < -0.39 is 0 Å². The number of ether oxygens (including phenoxy) is 2. The van der Waals surface area contributed by atoms with Crippen molar-refractivity contribution >= 4 is 44.2 Å². The molecule has 2 aromatic carbocycles. The lowest BCUT2D eigenvalue weighted by atomic mass is 10.2. The van der Waals surface area contributed by atoms with E-state index in [2.05, 4.69) is 10.3 Å². The van der Waals surface area contributed by atoms with Crippen molar-refractivity contribution in [3.05, 3.63) is 47.0 Å². The van der Waals surface area contributed by atoms with Gasteiger partial charge in [0.05, 0.1) is 9.72 Å². The fraction of sp³-hybridized carbons (Fsp3) is 0.0667. The summed E-state index contributed by atoms with van der Waals surface area (Å²) in [5, 5.41) is 3.85. The number of anilines is 1. The predicted octanol–water partition coefficient (Wildman–Crippen LogP) is 3.93. The zero-order chi connectivity index (χ0) is 15.1. The maximum Gasteiger partial charge on any atom is 0.257 e. The SMILES string of the molecule is O=C(Nc1nc2c(Cl)cccc2s1)c1ccc2c(c1)OCO2. The highest BCUT2D eigenvalue weighted by Crippen LogP contribution is 2.33. The Balaban J connectivity index is 1.61. The minimum atomic E-state index is -0.256. The number of nitrogens with one attached hydrogen (secondary N) is 1. The second-order valence-electron chi connectivity index (χ2n) is 4.63. The van der Waals surface area contributed by atoms with Gasteiger partial charge in [-0.15, -0.1) is 0 Å². The van der Waals surface area contributed by atoms with Crippen LogP contribution < -0.4 is 14.8 Å². The summed E-state index contributed by atoms with van der Waals surface area (Å²) in [6.07, 6.45) is 0. The average molecular weight is 333 g/mol. The summed E-state index contributed by atoms with van der Waals surface area (Å²) in [7, 11) is 0. The molecule has 1 aromatic heterocycles. The van der Waals surface area contributed by atoms with Crippen molar-refractivity contribution in [3.63, 3.8) is 0 Å².